The molecule has 1 amide bonds. The number of hydrogen-bond donors (Lipinski definition) is 2. The highest BCUT2D eigenvalue weighted by molar-refractivity contribution is 7.91. The molecule has 0 bridgehead atoms. The van der Waals surface area contributed by atoms with Crippen LogP contribution in [0.15, 0.2) is 28.6 Å². The molecule has 0 atom stereocenters. The van der Waals surface area contributed by atoms with E-state index in [9.17, 15) is 13.2 Å². The molecule has 9 heteroatoms. The Morgan fingerprint density at radius 1 is 1.04 bits per heavy atom. The van der Waals surface area contributed by atoms with Crippen LogP contribution < -0.4 is 10.0 Å². The van der Waals surface area contributed by atoms with Gasteiger partial charge in [-0.25, -0.2) is 13.1 Å². The smallest absolute Gasteiger partial charge is 0.270 e. The molecule has 1 saturated carbocycles. The fraction of sp³-hybridized carbons (Fsp3) is 0.500. The summed E-state index contributed by atoms with van der Waals surface area (Å²) in [6.07, 6.45) is 7.25. The van der Waals surface area contributed by atoms with E-state index in [4.69, 9.17) is 0 Å². The van der Waals surface area contributed by atoms with Crippen LogP contribution in [0.3, 0.4) is 0 Å². The number of nitrogens with one attached hydrogen (secondary N) is 2. The molecule has 1 heterocycles. The first-order valence-electron chi connectivity index (χ1n) is 9.18. The normalized spacial score (nSPS) is 16.5. The summed E-state index contributed by atoms with van der Waals surface area (Å²) < 4.78 is 27.8. The van der Waals surface area contributed by atoms with Crippen molar-refractivity contribution in [2.45, 2.75) is 62.3 Å². The summed E-state index contributed by atoms with van der Waals surface area (Å²) >= 11 is 0.859. The molecule has 27 heavy (non-hydrogen) atoms. The van der Waals surface area contributed by atoms with Crippen LogP contribution in [0.4, 0.5) is 5.13 Å². The molecule has 0 spiro atoms. The minimum Gasteiger partial charge on any atom is -0.296 e. The number of nitrogens with zero attached hydrogens (tertiary/aromatic N) is 2. The molecular formula is C18H24N4O3S2. The maximum absolute atomic E-state index is 12.6. The number of sulfonamides is 1. The predicted molar refractivity (Wildman–Crippen MR) is 105 cm³/mol. The second-order valence-electron chi connectivity index (χ2n) is 6.86. The quantitative estimate of drug-likeness (QED) is 0.738. The van der Waals surface area contributed by atoms with Crippen LogP contribution in [0.25, 0.3) is 0 Å². The van der Waals surface area contributed by atoms with Gasteiger partial charge < -0.3 is 0 Å². The van der Waals surface area contributed by atoms with Gasteiger partial charge in [-0.05, 0) is 31.9 Å². The predicted octanol–water partition coefficient (Wildman–Crippen LogP) is 3.49. The molecule has 1 aliphatic carbocycles. The van der Waals surface area contributed by atoms with E-state index in [2.05, 4.69) is 20.2 Å². The van der Waals surface area contributed by atoms with Crippen LogP contribution in [-0.2, 0) is 10.0 Å². The molecule has 0 unspecified atom stereocenters. The topological polar surface area (TPSA) is 101 Å². The van der Waals surface area contributed by atoms with Crippen molar-refractivity contribution in [3.05, 3.63) is 35.4 Å². The number of benzene rings is 1. The van der Waals surface area contributed by atoms with Crippen molar-refractivity contribution >= 4 is 32.4 Å². The van der Waals surface area contributed by atoms with Crippen molar-refractivity contribution in [2.75, 3.05) is 5.32 Å². The maximum atomic E-state index is 12.6. The average molecular weight is 409 g/mol. The molecule has 1 aromatic carbocycles. The Morgan fingerprint density at radius 2 is 1.67 bits per heavy atom. The monoisotopic (exact) mass is 408 g/mol. The third-order valence-electron chi connectivity index (χ3n) is 4.60. The van der Waals surface area contributed by atoms with E-state index in [-0.39, 0.29) is 21.4 Å². The Kier molecular flexibility index (Phi) is 6.56. The van der Waals surface area contributed by atoms with Gasteiger partial charge in [0.2, 0.25) is 9.47 Å². The highest BCUT2D eigenvalue weighted by Crippen LogP contribution is 2.23. The summed E-state index contributed by atoms with van der Waals surface area (Å²) in [7, 11) is -3.73. The van der Waals surface area contributed by atoms with Crippen molar-refractivity contribution in [1.29, 1.82) is 0 Å². The molecule has 2 N–H and O–H groups in total. The fourth-order valence-electron chi connectivity index (χ4n) is 3.09. The summed E-state index contributed by atoms with van der Waals surface area (Å²) in [4.78, 5) is 12.2. The first-order valence-corrected chi connectivity index (χ1v) is 11.5. The summed E-state index contributed by atoms with van der Waals surface area (Å²) in [6.45, 7) is 1.94. The van der Waals surface area contributed by atoms with Crippen LogP contribution in [0.1, 0.15) is 60.9 Å². The van der Waals surface area contributed by atoms with Gasteiger partial charge in [0.25, 0.3) is 15.9 Å². The maximum Gasteiger partial charge on any atom is 0.270 e. The van der Waals surface area contributed by atoms with Crippen molar-refractivity contribution < 1.29 is 13.2 Å². The van der Waals surface area contributed by atoms with Gasteiger partial charge in [-0.1, -0.05) is 61.1 Å². The summed E-state index contributed by atoms with van der Waals surface area (Å²) in [6, 6.07) is 7.02. The van der Waals surface area contributed by atoms with E-state index in [1.807, 2.05) is 19.1 Å². The number of carbonyl (C=O) groups is 1. The highest BCUT2D eigenvalue weighted by Gasteiger charge is 2.25. The Morgan fingerprint density at radius 3 is 2.33 bits per heavy atom. The molecule has 0 saturated heterocycles. The highest BCUT2D eigenvalue weighted by atomic mass is 32.2. The summed E-state index contributed by atoms with van der Waals surface area (Å²) in [5, 5.41) is 10.3. The summed E-state index contributed by atoms with van der Waals surface area (Å²) in [5.41, 5.74) is 1.53. The zero-order chi connectivity index (χ0) is 19.3. The Hall–Kier alpha value is -1.84. The molecular weight excluding hydrogens is 384 g/mol. The molecule has 2 aromatic rings. The van der Waals surface area contributed by atoms with Crippen LogP contribution in [0.2, 0.25) is 0 Å². The third kappa shape index (κ3) is 5.57. The molecule has 1 aliphatic rings. The van der Waals surface area contributed by atoms with Crippen molar-refractivity contribution in [2.24, 2.45) is 0 Å². The number of carbonyl (C=O) groups excluding carboxylic acids is 1. The lowest BCUT2D eigenvalue weighted by Crippen LogP contribution is -2.35. The Bertz CT molecular complexity index is 870. The number of anilines is 1. The number of amides is 1. The molecule has 7 nitrogen and oxygen atoms in total. The van der Waals surface area contributed by atoms with Gasteiger partial charge in [-0.2, -0.15) is 0 Å². The van der Waals surface area contributed by atoms with E-state index >= 15 is 0 Å². The van der Waals surface area contributed by atoms with Crippen molar-refractivity contribution in [3.8, 4) is 0 Å². The minimum absolute atomic E-state index is 0.0650. The van der Waals surface area contributed by atoms with E-state index in [1.165, 1.54) is 6.42 Å². The van der Waals surface area contributed by atoms with Crippen LogP contribution >= 0.6 is 11.3 Å². The minimum atomic E-state index is -3.73. The van der Waals surface area contributed by atoms with Crippen LogP contribution in [0, 0.1) is 6.92 Å². The SMILES string of the molecule is Cc1ccc(C(=O)Nc2nnc(S(=O)(=O)NC3CCCCCCC3)s2)cc1. The molecule has 0 aliphatic heterocycles. The van der Waals surface area contributed by atoms with E-state index < -0.39 is 10.0 Å². The molecule has 146 valence electrons. The Labute approximate surface area is 163 Å². The van der Waals surface area contributed by atoms with E-state index in [0.717, 1.165) is 55.4 Å². The van der Waals surface area contributed by atoms with E-state index in [0.29, 0.717) is 5.56 Å². The van der Waals surface area contributed by atoms with Crippen LogP contribution in [-0.4, -0.2) is 30.6 Å². The lowest BCUT2D eigenvalue weighted by molar-refractivity contribution is 0.102. The van der Waals surface area contributed by atoms with Gasteiger partial charge in [-0.3, -0.25) is 10.1 Å². The first-order chi connectivity index (χ1) is 12.9. The second-order valence-corrected chi connectivity index (χ2v) is 9.72. The van der Waals surface area contributed by atoms with Gasteiger partial charge in [0.05, 0.1) is 0 Å². The number of aromatic nitrogens is 2. The third-order valence-corrected chi connectivity index (χ3v) is 7.32. The van der Waals surface area contributed by atoms with Gasteiger partial charge in [0.15, 0.2) is 0 Å². The van der Waals surface area contributed by atoms with Gasteiger partial charge >= 0.3 is 0 Å². The average Bonchev–Trinajstić information content (AvgIpc) is 3.07. The first kappa shape index (κ1) is 19.9. The zero-order valence-corrected chi connectivity index (χ0v) is 16.9. The van der Waals surface area contributed by atoms with Gasteiger partial charge in [-0.15, -0.1) is 10.2 Å². The Balaban J connectivity index is 1.64. The zero-order valence-electron chi connectivity index (χ0n) is 15.3. The summed E-state index contributed by atoms with van der Waals surface area (Å²) in [5.74, 6) is -0.344. The lowest BCUT2D eigenvalue weighted by Gasteiger charge is -2.19. The molecule has 0 radical (unpaired) electrons. The standard InChI is InChI=1S/C18H24N4O3S2/c1-13-9-11-14(12-10-13)16(23)19-17-20-21-18(26-17)27(24,25)22-15-7-5-3-2-4-6-8-15/h9-12,15,22H,2-8H2,1H3,(H,19,20,23). The number of rotatable bonds is 5. The number of hydrogen-bond acceptors (Lipinski definition) is 6. The van der Waals surface area contributed by atoms with E-state index in [1.54, 1.807) is 12.1 Å². The molecule has 1 fully saturated rings. The van der Waals surface area contributed by atoms with Crippen LogP contribution in [0.5, 0.6) is 0 Å². The van der Waals surface area contributed by atoms with Gasteiger partial charge in [0.1, 0.15) is 0 Å². The fourth-order valence-corrected chi connectivity index (χ4v) is 5.30. The molecule has 3 rings (SSSR count). The number of aryl methyl sites for hydroxylation is 1. The lowest BCUT2D eigenvalue weighted by atomic mass is 9.97. The van der Waals surface area contributed by atoms with Gasteiger partial charge in [0, 0.05) is 11.6 Å². The largest absolute Gasteiger partial charge is 0.296 e. The second kappa shape index (κ2) is 8.90. The van der Waals surface area contributed by atoms with Crippen molar-refractivity contribution in [3.63, 3.8) is 0 Å². The van der Waals surface area contributed by atoms with Crippen molar-refractivity contribution in [1.82, 2.24) is 14.9 Å². The molecule has 1 aromatic heterocycles.